The van der Waals surface area contributed by atoms with E-state index < -0.39 is 35.2 Å². The van der Waals surface area contributed by atoms with Gasteiger partial charge in [0, 0.05) is 13.0 Å². The van der Waals surface area contributed by atoms with Crippen LogP contribution in [0.5, 0.6) is 0 Å². The number of hydrogen-bond donors (Lipinski definition) is 1. The molecule has 0 bridgehead atoms. The topological polar surface area (TPSA) is 71.5 Å². The monoisotopic (exact) mass is 415 g/mol. The third kappa shape index (κ3) is 6.33. The number of hydrogen-bond acceptors (Lipinski definition) is 4. The summed E-state index contributed by atoms with van der Waals surface area (Å²) >= 11 is 0. The number of aromatic nitrogens is 1. The van der Waals surface area contributed by atoms with Crippen LogP contribution in [0, 0.1) is 5.41 Å². The van der Waals surface area contributed by atoms with Crippen molar-refractivity contribution in [3.63, 3.8) is 0 Å². The smallest absolute Gasteiger partial charge is 0.420 e. The lowest BCUT2D eigenvalue weighted by atomic mass is 9.92. The number of halogens is 3. The average molecular weight is 415 g/mol. The van der Waals surface area contributed by atoms with E-state index in [2.05, 4.69) is 10.3 Å². The van der Waals surface area contributed by atoms with Crippen LogP contribution in [-0.4, -0.2) is 29.1 Å². The molecule has 1 aromatic heterocycles. The first-order valence-electron chi connectivity index (χ1n) is 9.48. The lowest BCUT2D eigenvalue weighted by molar-refractivity contribution is -0.137. The minimum absolute atomic E-state index is 0.0487. The number of pyridine rings is 1. The van der Waals surface area contributed by atoms with Crippen LogP contribution in [0.25, 0.3) is 0 Å². The fourth-order valence-electron chi connectivity index (χ4n) is 2.96. The molecule has 9 heteroatoms. The zero-order valence-electron chi connectivity index (χ0n) is 17.7. The molecule has 0 spiro atoms. The largest absolute Gasteiger partial charge is 0.443 e. The Morgan fingerprint density at radius 2 is 1.79 bits per heavy atom. The van der Waals surface area contributed by atoms with Crippen molar-refractivity contribution in [1.82, 2.24) is 4.98 Å². The lowest BCUT2D eigenvalue weighted by Crippen LogP contribution is -2.40. The van der Waals surface area contributed by atoms with Gasteiger partial charge in [0.25, 0.3) is 0 Å². The van der Waals surface area contributed by atoms with Crippen molar-refractivity contribution in [2.45, 2.75) is 72.6 Å². The van der Waals surface area contributed by atoms with E-state index in [-0.39, 0.29) is 24.1 Å². The third-order valence-corrected chi connectivity index (χ3v) is 4.03. The van der Waals surface area contributed by atoms with E-state index in [1.54, 1.807) is 20.8 Å². The van der Waals surface area contributed by atoms with Crippen LogP contribution in [0.2, 0.25) is 0 Å². The van der Waals surface area contributed by atoms with E-state index >= 15 is 0 Å². The number of fused-ring (bicyclic) bond motifs is 1. The average Bonchev–Trinajstić information content (AvgIpc) is 2.48. The molecule has 0 unspecified atom stereocenters. The SMILES string of the molecule is CC(C)(C)CC(=O)Nc1nc2c(cc1C(F)(F)F)N(C(=O)OC(C)(C)C)CCC2. The summed E-state index contributed by atoms with van der Waals surface area (Å²) < 4.78 is 46.4. The molecule has 0 saturated carbocycles. The van der Waals surface area contributed by atoms with E-state index in [1.165, 1.54) is 4.90 Å². The number of alkyl halides is 3. The summed E-state index contributed by atoms with van der Waals surface area (Å²) in [6, 6.07) is 0.873. The molecule has 2 rings (SSSR count). The number of anilines is 2. The van der Waals surface area contributed by atoms with Gasteiger partial charge in [-0.3, -0.25) is 9.69 Å². The summed E-state index contributed by atoms with van der Waals surface area (Å²) in [5, 5.41) is 2.30. The zero-order chi connectivity index (χ0) is 22.2. The maximum absolute atomic E-state index is 13.7. The highest BCUT2D eigenvalue weighted by Gasteiger charge is 2.38. The molecule has 0 fully saturated rings. The number of carbonyl (C=O) groups is 2. The van der Waals surface area contributed by atoms with E-state index in [4.69, 9.17) is 4.74 Å². The molecule has 29 heavy (non-hydrogen) atoms. The fraction of sp³-hybridized carbons (Fsp3) is 0.650. The van der Waals surface area contributed by atoms with Crippen LogP contribution in [0.15, 0.2) is 6.07 Å². The van der Waals surface area contributed by atoms with Crippen molar-refractivity contribution in [2.24, 2.45) is 5.41 Å². The maximum Gasteiger partial charge on any atom is 0.420 e. The molecule has 1 N–H and O–H groups in total. The summed E-state index contributed by atoms with van der Waals surface area (Å²) in [5.41, 5.74) is -1.87. The van der Waals surface area contributed by atoms with Crippen LogP contribution in [0.4, 0.5) is 29.5 Å². The van der Waals surface area contributed by atoms with Crippen LogP contribution in [0.1, 0.15) is 65.6 Å². The number of rotatable bonds is 2. The number of ether oxygens (including phenoxy) is 1. The lowest BCUT2D eigenvalue weighted by Gasteiger charge is -2.32. The van der Waals surface area contributed by atoms with Gasteiger partial charge < -0.3 is 10.1 Å². The van der Waals surface area contributed by atoms with Crippen molar-refractivity contribution >= 4 is 23.5 Å². The van der Waals surface area contributed by atoms with E-state index in [0.717, 1.165) is 6.07 Å². The zero-order valence-corrected chi connectivity index (χ0v) is 17.7. The first kappa shape index (κ1) is 23.0. The number of nitrogens with one attached hydrogen (secondary N) is 1. The van der Waals surface area contributed by atoms with Crippen LogP contribution < -0.4 is 10.2 Å². The van der Waals surface area contributed by atoms with Crippen molar-refractivity contribution in [3.8, 4) is 0 Å². The fourth-order valence-corrected chi connectivity index (χ4v) is 2.96. The van der Waals surface area contributed by atoms with Gasteiger partial charge >= 0.3 is 12.3 Å². The predicted octanol–water partition coefficient (Wildman–Crippen LogP) is 5.16. The summed E-state index contributed by atoms with van der Waals surface area (Å²) in [6.45, 7) is 10.7. The molecule has 0 atom stereocenters. The standard InChI is InChI=1S/C20H28F3N3O3/c1-18(2,3)11-15(27)25-16-12(20(21,22)23)10-14-13(24-16)8-7-9-26(14)17(28)29-19(4,5)6/h10H,7-9,11H2,1-6H3,(H,24,25,27). The second-order valence-electron chi connectivity index (χ2n) is 9.37. The Kier molecular flexibility index (Phi) is 6.20. The quantitative estimate of drug-likeness (QED) is 0.724. The summed E-state index contributed by atoms with van der Waals surface area (Å²) in [7, 11) is 0. The van der Waals surface area contributed by atoms with Crippen LogP contribution in [0.3, 0.4) is 0 Å². The molecule has 2 heterocycles. The Balaban J connectivity index is 2.44. The molecule has 0 saturated heterocycles. The minimum Gasteiger partial charge on any atom is -0.443 e. The van der Waals surface area contributed by atoms with Gasteiger partial charge in [0.15, 0.2) is 0 Å². The Labute approximate surface area is 168 Å². The van der Waals surface area contributed by atoms with Crippen LogP contribution >= 0.6 is 0 Å². The third-order valence-electron chi connectivity index (χ3n) is 4.03. The Morgan fingerprint density at radius 1 is 1.17 bits per heavy atom. The number of nitrogens with zero attached hydrogens (tertiary/aromatic N) is 2. The van der Waals surface area contributed by atoms with Crippen molar-refractivity contribution < 1.29 is 27.5 Å². The Morgan fingerprint density at radius 3 is 2.31 bits per heavy atom. The van der Waals surface area contributed by atoms with Crippen molar-refractivity contribution in [1.29, 1.82) is 0 Å². The molecule has 1 aliphatic heterocycles. The molecule has 0 radical (unpaired) electrons. The van der Waals surface area contributed by atoms with E-state index in [9.17, 15) is 22.8 Å². The molecule has 162 valence electrons. The van der Waals surface area contributed by atoms with E-state index in [0.29, 0.717) is 18.5 Å². The van der Waals surface area contributed by atoms with Crippen molar-refractivity contribution in [3.05, 3.63) is 17.3 Å². The number of amides is 2. The van der Waals surface area contributed by atoms with Gasteiger partial charge in [0.1, 0.15) is 17.0 Å². The van der Waals surface area contributed by atoms with Gasteiger partial charge in [-0.2, -0.15) is 13.2 Å². The molecule has 6 nitrogen and oxygen atoms in total. The minimum atomic E-state index is -4.75. The van der Waals surface area contributed by atoms with Gasteiger partial charge in [-0.15, -0.1) is 0 Å². The first-order valence-corrected chi connectivity index (χ1v) is 9.48. The Hall–Kier alpha value is -2.32. The summed E-state index contributed by atoms with van der Waals surface area (Å²) in [5.74, 6) is -1.08. The van der Waals surface area contributed by atoms with Gasteiger partial charge in [0.2, 0.25) is 5.91 Å². The van der Waals surface area contributed by atoms with Gasteiger partial charge in [-0.05, 0) is 45.1 Å². The Bertz CT molecular complexity index is 793. The molecule has 0 aliphatic carbocycles. The highest BCUT2D eigenvalue weighted by atomic mass is 19.4. The molecule has 2 amide bonds. The van der Waals surface area contributed by atoms with Gasteiger partial charge in [-0.1, -0.05) is 20.8 Å². The molecule has 1 aromatic rings. The highest BCUT2D eigenvalue weighted by molar-refractivity contribution is 5.93. The van der Waals surface area contributed by atoms with Crippen molar-refractivity contribution in [2.75, 3.05) is 16.8 Å². The molecule has 1 aliphatic rings. The molecule has 0 aromatic carbocycles. The predicted molar refractivity (Wildman–Crippen MR) is 104 cm³/mol. The summed E-state index contributed by atoms with van der Waals surface area (Å²) in [4.78, 5) is 29.9. The maximum atomic E-state index is 13.7. The first-order chi connectivity index (χ1) is 13.1. The second-order valence-corrected chi connectivity index (χ2v) is 9.37. The summed E-state index contributed by atoms with van der Waals surface area (Å²) in [6.07, 6.45) is -4.50. The number of aryl methyl sites for hydroxylation is 1. The van der Waals surface area contributed by atoms with Gasteiger partial charge in [-0.25, -0.2) is 9.78 Å². The normalized spacial score (nSPS) is 15.0. The molecular weight excluding hydrogens is 387 g/mol. The second kappa shape index (κ2) is 7.84. The number of carbonyl (C=O) groups excluding carboxylic acids is 2. The van der Waals surface area contributed by atoms with Crippen LogP contribution in [-0.2, 0) is 22.1 Å². The van der Waals surface area contributed by atoms with Gasteiger partial charge in [0.05, 0.1) is 11.4 Å². The molecular formula is C20H28F3N3O3. The highest BCUT2D eigenvalue weighted by Crippen LogP contribution is 2.39. The van der Waals surface area contributed by atoms with E-state index in [1.807, 2.05) is 20.8 Å².